The van der Waals surface area contributed by atoms with Gasteiger partial charge in [-0.2, -0.15) is 0 Å². The van der Waals surface area contributed by atoms with Crippen LogP contribution in [0, 0.1) is 24.4 Å². The van der Waals surface area contributed by atoms with E-state index >= 15 is 0 Å². The van der Waals surface area contributed by atoms with Gasteiger partial charge in [-0.3, -0.25) is 14.2 Å². The quantitative estimate of drug-likeness (QED) is 0.498. The van der Waals surface area contributed by atoms with Gasteiger partial charge in [0.2, 0.25) is 5.91 Å². The number of aryl methyl sites for hydroxylation is 1. The van der Waals surface area contributed by atoms with Crippen LogP contribution < -0.4 is 16.6 Å². The molecular formula is C22H16F3N3O3S. The smallest absolute Gasteiger partial charge is 0.336 e. The summed E-state index contributed by atoms with van der Waals surface area (Å²) >= 11 is 1.11. The standard InChI is InChI=1S/C22H16F3N3O3S/c1-12-8-15(4-5-16(12)24)28-21(30)20-18(6-7-32-20)27(22(28)31)11-19(29)26-10-13-2-3-14(23)9-17(13)25/h2-9H,10-11H2,1H3,(H,26,29). The van der Waals surface area contributed by atoms with Gasteiger partial charge in [0.05, 0.1) is 11.2 Å². The summed E-state index contributed by atoms with van der Waals surface area (Å²) in [6, 6.07) is 8.39. The molecule has 164 valence electrons. The molecule has 2 aromatic heterocycles. The molecule has 0 spiro atoms. The maximum atomic E-state index is 13.8. The third kappa shape index (κ3) is 3.96. The molecule has 0 unspecified atom stereocenters. The lowest BCUT2D eigenvalue weighted by Gasteiger charge is -2.13. The lowest BCUT2D eigenvalue weighted by molar-refractivity contribution is -0.121. The second-order valence-corrected chi connectivity index (χ2v) is 8.01. The second kappa shape index (κ2) is 8.46. The van der Waals surface area contributed by atoms with Crippen molar-refractivity contribution in [2.24, 2.45) is 0 Å². The molecule has 0 radical (unpaired) electrons. The van der Waals surface area contributed by atoms with Crippen molar-refractivity contribution in [3.8, 4) is 5.69 Å². The monoisotopic (exact) mass is 459 g/mol. The van der Waals surface area contributed by atoms with Crippen LogP contribution >= 0.6 is 11.3 Å². The topological polar surface area (TPSA) is 73.1 Å². The summed E-state index contributed by atoms with van der Waals surface area (Å²) in [5.41, 5.74) is -0.545. The van der Waals surface area contributed by atoms with Gasteiger partial charge in [-0.15, -0.1) is 11.3 Å². The lowest BCUT2D eigenvalue weighted by atomic mass is 10.2. The molecule has 10 heteroatoms. The Balaban J connectivity index is 1.70. The van der Waals surface area contributed by atoms with Gasteiger partial charge < -0.3 is 5.32 Å². The van der Waals surface area contributed by atoms with Crippen molar-refractivity contribution in [3.05, 3.63) is 97.3 Å². The summed E-state index contributed by atoms with van der Waals surface area (Å²) in [4.78, 5) is 38.6. The first-order valence-electron chi connectivity index (χ1n) is 9.46. The van der Waals surface area contributed by atoms with Crippen molar-refractivity contribution >= 4 is 27.5 Å². The predicted octanol–water partition coefficient (Wildman–Crippen LogP) is 3.26. The third-order valence-corrected chi connectivity index (χ3v) is 5.84. The maximum absolute atomic E-state index is 13.8. The van der Waals surface area contributed by atoms with Crippen LogP contribution in [0.1, 0.15) is 11.1 Å². The number of carbonyl (C=O) groups is 1. The maximum Gasteiger partial charge on any atom is 0.336 e. The molecule has 0 saturated carbocycles. The Hall–Kier alpha value is -3.66. The molecule has 6 nitrogen and oxygen atoms in total. The minimum Gasteiger partial charge on any atom is -0.350 e. The van der Waals surface area contributed by atoms with E-state index in [-0.39, 0.29) is 33.6 Å². The molecule has 32 heavy (non-hydrogen) atoms. The molecule has 0 aliphatic heterocycles. The van der Waals surface area contributed by atoms with Crippen LogP contribution in [0.3, 0.4) is 0 Å². The summed E-state index contributed by atoms with van der Waals surface area (Å²) in [5, 5.41) is 4.11. The average molecular weight is 459 g/mol. The molecule has 1 amide bonds. The van der Waals surface area contributed by atoms with Crippen molar-refractivity contribution in [3.63, 3.8) is 0 Å². The number of amides is 1. The number of hydrogen-bond donors (Lipinski definition) is 1. The van der Waals surface area contributed by atoms with Gasteiger partial charge in [-0.1, -0.05) is 6.07 Å². The van der Waals surface area contributed by atoms with Crippen molar-refractivity contribution in [2.75, 3.05) is 0 Å². The summed E-state index contributed by atoms with van der Waals surface area (Å²) in [6.45, 7) is 0.868. The first kappa shape index (κ1) is 21.6. The Labute approximate surface area is 183 Å². The lowest BCUT2D eigenvalue weighted by Crippen LogP contribution is -2.41. The van der Waals surface area contributed by atoms with Crippen molar-refractivity contribution in [2.45, 2.75) is 20.0 Å². The number of hydrogen-bond acceptors (Lipinski definition) is 4. The number of fused-ring (bicyclic) bond motifs is 1. The number of nitrogens with one attached hydrogen (secondary N) is 1. The number of rotatable bonds is 5. The molecule has 0 saturated heterocycles. The minimum atomic E-state index is -0.803. The van der Waals surface area contributed by atoms with E-state index in [1.54, 1.807) is 11.4 Å². The summed E-state index contributed by atoms with van der Waals surface area (Å²) in [5.74, 6) is -2.62. The minimum absolute atomic E-state index is 0.0829. The molecule has 1 N–H and O–H groups in total. The SMILES string of the molecule is Cc1cc(-n2c(=O)c3sccc3n(CC(=O)NCc3ccc(F)cc3F)c2=O)ccc1F. The molecule has 0 bridgehead atoms. The van der Waals surface area contributed by atoms with Crippen molar-refractivity contribution in [1.29, 1.82) is 0 Å². The Bertz CT molecular complexity index is 1470. The van der Waals surface area contributed by atoms with Gasteiger partial charge in [-0.25, -0.2) is 22.5 Å². The van der Waals surface area contributed by atoms with Gasteiger partial charge in [0, 0.05) is 18.2 Å². The second-order valence-electron chi connectivity index (χ2n) is 7.09. The fraction of sp³-hybridized carbons (Fsp3) is 0.136. The van der Waals surface area contributed by atoms with Crippen LogP contribution in [0.2, 0.25) is 0 Å². The first-order chi connectivity index (χ1) is 15.3. The highest BCUT2D eigenvalue weighted by molar-refractivity contribution is 7.17. The molecule has 0 aliphatic carbocycles. The molecule has 0 fully saturated rings. The molecule has 4 rings (SSSR count). The van der Waals surface area contributed by atoms with E-state index in [0.717, 1.165) is 32.6 Å². The Morgan fingerprint density at radius 3 is 2.53 bits per heavy atom. The Morgan fingerprint density at radius 1 is 1.03 bits per heavy atom. The van der Waals surface area contributed by atoms with Crippen LogP contribution in [0.4, 0.5) is 13.2 Å². The summed E-state index contributed by atoms with van der Waals surface area (Å²) in [6.07, 6.45) is 0. The van der Waals surface area contributed by atoms with Gasteiger partial charge in [0.15, 0.2) is 0 Å². The molecule has 4 aromatic rings. The van der Waals surface area contributed by atoms with E-state index in [1.165, 1.54) is 25.1 Å². The van der Waals surface area contributed by atoms with Crippen LogP contribution in [0.5, 0.6) is 0 Å². The van der Waals surface area contributed by atoms with E-state index < -0.39 is 41.2 Å². The van der Waals surface area contributed by atoms with Crippen LogP contribution in [-0.2, 0) is 17.9 Å². The van der Waals surface area contributed by atoms with E-state index in [1.807, 2.05) is 0 Å². The zero-order valence-electron chi connectivity index (χ0n) is 16.7. The first-order valence-corrected chi connectivity index (χ1v) is 10.3. The van der Waals surface area contributed by atoms with Gasteiger partial charge >= 0.3 is 5.69 Å². The van der Waals surface area contributed by atoms with Crippen LogP contribution in [0.15, 0.2) is 57.4 Å². The van der Waals surface area contributed by atoms with Gasteiger partial charge in [0.1, 0.15) is 28.7 Å². The highest BCUT2D eigenvalue weighted by Crippen LogP contribution is 2.17. The third-order valence-electron chi connectivity index (χ3n) is 4.95. The van der Waals surface area contributed by atoms with Crippen LogP contribution in [0.25, 0.3) is 15.9 Å². The number of nitrogens with zero attached hydrogens (tertiary/aromatic N) is 2. The molecule has 0 aliphatic rings. The Kier molecular flexibility index (Phi) is 5.70. The summed E-state index contributed by atoms with van der Waals surface area (Å²) < 4.78 is 42.8. The van der Waals surface area contributed by atoms with E-state index in [2.05, 4.69) is 5.32 Å². The van der Waals surface area contributed by atoms with E-state index in [0.29, 0.717) is 6.07 Å². The largest absolute Gasteiger partial charge is 0.350 e. The zero-order chi connectivity index (χ0) is 23.0. The van der Waals surface area contributed by atoms with E-state index in [9.17, 15) is 27.6 Å². The normalized spacial score (nSPS) is 11.1. The van der Waals surface area contributed by atoms with Crippen molar-refractivity contribution < 1.29 is 18.0 Å². The number of benzene rings is 2. The molecule has 0 atom stereocenters. The fourth-order valence-electron chi connectivity index (χ4n) is 3.29. The molecule has 2 aromatic carbocycles. The Morgan fingerprint density at radius 2 is 1.81 bits per heavy atom. The van der Waals surface area contributed by atoms with Gasteiger partial charge in [0.25, 0.3) is 5.56 Å². The van der Waals surface area contributed by atoms with E-state index in [4.69, 9.17) is 0 Å². The average Bonchev–Trinajstić information content (AvgIpc) is 3.23. The highest BCUT2D eigenvalue weighted by atomic mass is 32.1. The van der Waals surface area contributed by atoms with Crippen LogP contribution in [-0.4, -0.2) is 15.0 Å². The van der Waals surface area contributed by atoms with Gasteiger partial charge in [-0.05, 0) is 48.2 Å². The summed E-state index contributed by atoms with van der Waals surface area (Å²) in [7, 11) is 0. The zero-order valence-corrected chi connectivity index (χ0v) is 17.5. The number of aromatic nitrogens is 2. The molecule has 2 heterocycles. The predicted molar refractivity (Wildman–Crippen MR) is 115 cm³/mol. The van der Waals surface area contributed by atoms with Crippen molar-refractivity contribution in [1.82, 2.24) is 14.5 Å². The molecular weight excluding hydrogens is 443 g/mol. The highest BCUT2D eigenvalue weighted by Gasteiger charge is 2.18. The number of carbonyl (C=O) groups excluding carboxylic acids is 1. The number of halogens is 3. The fourth-order valence-corrected chi connectivity index (χ4v) is 4.12. The number of thiophene rings is 1.